The average molecular weight is 226 g/mol. The van der Waals surface area contributed by atoms with Gasteiger partial charge in [0.15, 0.2) is 0 Å². The maximum absolute atomic E-state index is 5.54. The molecule has 1 unspecified atom stereocenters. The summed E-state index contributed by atoms with van der Waals surface area (Å²) in [5.41, 5.74) is 0. The van der Waals surface area contributed by atoms with Crippen LogP contribution in [0.4, 0.5) is 0 Å². The molecule has 0 aromatic carbocycles. The molecule has 16 heavy (non-hydrogen) atoms. The van der Waals surface area contributed by atoms with Crippen molar-refractivity contribution in [3.05, 3.63) is 0 Å². The highest BCUT2D eigenvalue weighted by molar-refractivity contribution is 4.74. The van der Waals surface area contributed by atoms with Crippen LogP contribution in [0.5, 0.6) is 0 Å². The minimum atomic E-state index is 0.420. The minimum Gasteiger partial charge on any atom is -0.376 e. The molecule has 0 aromatic heterocycles. The summed E-state index contributed by atoms with van der Waals surface area (Å²) in [6, 6.07) is 0.798. The molecular formula is C13H26N2O. The van der Waals surface area contributed by atoms with Gasteiger partial charge in [0.1, 0.15) is 0 Å². The van der Waals surface area contributed by atoms with Crippen molar-refractivity contribution in [2.45, 2.75) is 51.2 Å². The highest BCUT2D eigenvalue weighted by Gasteiger charge is 2.17. The molecule has 1 heterocycles. The summed E-state index contributed by atoms with van der Waals surface area (Å²) >= 11 is 0. The monoisotopic (exact) mass is 226 g/mol. The van der Waals surface area contributed by atoms with E-state index < -0.39 is 0 Å². The summed E-state index contributed by atoms with van der Waals surface area (Å²) in [6.45, 7) is 7.62. The standard InChI is InChI=1S/C13H26N2O/c1-12-11-15(9-10-16-12)8-7-14-13-5-3-2-4-6-13/h12-14H,2-11H2,1H3. The van der Waals surface area contributed by atoms with Crippen LogP contribution < -0.4 is 5.32 Å². The first-order chi connectivity index (χ1) is 7.84. The van der Waals surface area contributed by atoms with Gasteiger partial charge in [0.05, 0.1) is 12.7 Å². The molecule has 2 fully saturated rings. The highest BCUT2D eigenvalue weighted by atomic mass is 16.5. The number of hydrogen-bond acceptors (Lipinski definition) is 3. The first-order valence-corrected chi connectivity index (χ1v) is 6.92. The van der Waals surface area contributed by atoms with Gasteiger partial charge < -0.3 is 10.1 Å². The van der Waals surface area contributed by atoms with Gasteiger partial charge in [-0.1, -0.05) is 19.3 Å². The smallest absolute Gasteiger partial charge is 0.0674 e. The van der Waals surface area contributed by atoms with Crippen LogP contribution in [0.3, 0.4) is 0 Å². The van der Waals surface area contributed by atoms with Crippen LogP contribution in [0.2, 0.25) is 0 Å². The second-order valence-electron chi connectivity index (χ2n) is 5.27. The maximum atomic E-state index is 5.54. The Labute approximate surface area is 99.5 Å². The normalized spacial score (nSPS) is 29.4. The Morgan fingerprint density at radius 3 is 2.81 bits per heavy atom. The highest BCUT2D eigenvalue weighted by Crippen LogP contribution is 2.17. The zero-order valence-corrected chi connectivity index (χ0v) is 10.6. The summed E-state index contributed by atoms with van der Waals surface area (Å²) in [5.74, 6) is 0. The largest absolute Gasteiger partial charge is 0.376 e. The van der Waals surface area contributed by atoms with Crippen LogP contribution in [0.15, 0.2) is 0 Å². The molecule has 94 valence electrons. The molecule has 2 aliphatic rings. The SMILES string of the molecule is CC1CN(CCNC2CCCCC2)CCO1. The molecule has 0 aromatic rings. The van der Waals surface area contributed by atoms with E-state index in [0.717, 1.165) is 32.3 Å². The fourth-order valence-corrected chi connectivity index (χ4v) is 2.83. The summed E-state index contributed by atoms with van der Waals surface area (Å²) in [5, 5.41) is 3.70. The van der Waals surface area contributed by atoms with Crippen LogP contribution in [-0.2, 0) is 4.74 Å². The Morgan fingerprint density at radius 1 is 1.25 bits per heavy atom. The van der Waals surface area contributed by atoms with Crippen LogP contribution in [0, 0.1) is 0 Å². The second kappa shape index (κ2) is 6.58. The quantitative estimate of drug-likeness (QED) is 0.788. The number of morpholine rings is 1. The summed E-state index contributed by atoms with van der Waals surface area (Å²) in [7, 11) is 0. The van der Waals surface area contributed by atoms with E-state index in [9.17, 15) is 0 Å². The third kappa shape index (κ3) is 4.04. The van der Waals surface area contributed by atoms with Gasteiger partial charge >= 0.3 is 0 Å². The van der Waals surface area contributed by atoms with Gasteiger partial charge in [-0.2, -0.15) is 0 Å². The second-order valence-corrected chi connectivity index (χ2v) is 5.27. The molecule has 2 rings (SSSR count). The van der Waals surface area contributed by atoms with E-state index in [-0.39, 0.29) is 0 Å². The van der Waals surface area contributed by atoms with Crippen molar-refractivity contribution in [3.8, 4) is 0 Å². The summed E-state index contributed by atoms with van der Waals surface area (Å²) < 4.78 is 5.54. The number of nitrogens with one attached hydrogen (secondary N) is 1. The van der Waals surface area contributed by atoms with E-state index in [2.05, 4.69) is 17.1 Å². The van der Waals surface area contributed by atoms with Crippen LogP contribution in [0.1, 0.15) is 39.0 Å². The lowest BCUT2D eigenvalue weighted by molar-refractivity contribution is -0.0178. The molecule has 0 amide bonds. The first-order valence-electron chi connectivity index (χ1n) is 6.92. The number of nitrogens with zero attached hydrogens (tertiary/aromatic N) is 1. The number of ether oxygens (including phenoxy) is 1. The van der Waals surface area contributed by atoms with Gasteiger partial charge in [-0.05, 0) is 19.8 Å². The van der Waals surface area contributed by atoms with Gasteiger partial charge in [0.2, 0.25) is 0 Å². The fraction of sp³-hybridized carbons (Fsp3) is 1.00. The van der Waals surface area contributed by atoms with E-state index in [1.54, 1.807) is 0 Å². The maximum Gasteiger partial charge on any atom is 0.0674 e. The molecule has 1 N–H and O–H groups in total. The molecule has 1 aliphatic heterocycles. The number of rotatable bonds is 4. The van der Waals surface area contributed by atoms with Gasteiger partial charge in [-0.25, -0.2) is 0 Å². The lowest BCUT2D eigenvalue weighted by Crippen LogP contribution is -2.45. The van der Waals surface area contributed by atoms with Gasteiger partial charge in [0, 0.05) is 32.2 Å². The fourth-order valence-electron chi connectivity index (χ4n) is 2.83. The van der Waals surface area contributed by atoms with Gasteiger partial charge in [-0.3, -0.25) is 4.90 Å². The molecule has 3 heteroatoms. The average Bonchev–Trinajstić information content (AvgIpc) is 2.30. The van der Waals surface area contributed by atoms with Gasteiger partial charge in [-0.15, -0.1) is 0 Å². The molecule has 3 nitrogen and oxygen atoms in total. The first kappa shape index (κ1) is 12.3. The van der Waals surface area contributed by atoms with Crippen molar-refractivity contribution in [1.29, 1.82) is 0 Å². The summed E-state index contributed by atoms with van der Waals surface area (Å²) in [4.78, 5) is 2.52. The van der Waals surface area contributed by atoms with Crippen molar-refractivity contribution in [3.63, 3.8) is 0 Å². The topological polar surface area (TPSA) is 24.5 Å². The molecule has 0 spiro atoms. The van der Waals surface area contributed by atoms with Crippen molar-refractivity contribution >= 4 is 0 Å². The lowest BCUT2D eigenvalue weighted by atomic mass is 9.95. The molecule has 1 atom stereocenters. The Kier molecular flexibility index (Phi) is 5.07. The van der Waals surface area contributed by atoms with Crippen molar-refractivity contribution in [2.75, 3.05) is 32.8 Å². The van der Waals surface area contributed by atoms with Crippen molar-refractivity contribution < 1.29 is 4.74 Å². The van der Waals surface area contributed by atoms with E-state index >= 15 is 0 Å². The van der Waals surface area contributed by atoms with Crippen molar-refractivity contribution in [2.24, 2.45) is 0 Å². The zero-order valence-electron chi connectivity index (χ0n) is 10.6. The summed E-state index contributed by atoms with van der Waals surface area (Å²) in [6.07, 6.45) is 7.49. The van der Waals surface area contributed by atoms with E-state index in [4.69, 9.17) is 4.74 Å². The third-order valence-electron chi connectivity index (χ3n) is 3.79. The molecule has 1 aliphatic carbocycles. The lowest BCUT2D eigenvalue weighted by Gasteiger charge is -2.32. The predicted octanol–water partition coefficient (Wildman–Crippen LogP) is 1.63. The minimum absolute atomic E-state index is 0.420. The van der Waals surface area contributed by atoms with Crippen LogP contribution in [-0.4, -0.2) is 49.8 Å². The molecule has 1 saturated carbocycles. The Hall–Kier alpha value is -0.120. The van der Waals surface area contributed by atoms with E-state index in [1.165, 1.54) is 38.6 Å². The molecular weight excluding hydrogens is 200 g/mol. The number of hydrogen-bond donors (Lipinski definition) is 1. The Morgan fingerprint density at radius 2 is 2.06 bits per heavy atom. The molecule has 0 radical (unpaired) electrons. The van der Waals surface area contributed by atoms with E-state index in [0.29, 0.717) is 6.10 Å². The molecule has 1 saturated heterocycles. The Balaban J connectivity index is 1.56. The third-order valence-corrected chi connectivity index (χ3v) is 3.79. The zero-order chi connectivity index (χ0) is 11.2. The van der Waals surface area contributed by atoms with Gasteiger partial charge in [0.25, 0.3) is 0 Å². The van der Waals surface area contributed by atoms with Crippen molar-refractivity contribution in [1.82, 2.24) is 10.2 Å². The van der Waals surface area contributed by atoms with Crippen LogP contribution >= 0.6 is 0 Å². The predicted molar refractivity (Wildman–Crippen MR) is 66.7 cm³/mol. The van der Waals surface area contributed by atoms with Crippen LogP contribution in [0.25, 0.3) is 0 Å². The van der Waals surface area contributed by atoms with E-state index in [1.807, 2.05) is 0 Å². The molecule has 0 bridgehead atoms. The Bertz CT molecular complexity index is 192.